The van der Waals surface area contributed by atoms with E-state index in [1.165, 1.54) is 7.11 Å². The van der Waals surface area contributed by atoms with E-state index >= 15 is 0 Å². The van der Waals surface area contributed by atoms with E-state index in [0.717, 1.165) is 5.56 Å². The number of alkyl halides is 1. The summed E-state index contributed by atoms with van der Waals surface area (Å²) in [6.07, 6.45) is 3.15. The predicted molar refractivity (Wildman–Crippen MR) is 46.0 cm³/mol. The molecular weight excluding hydrogens is 224 g/mol. The molecule has 0 bridgehead atoms. The molecule has 0 amide bonds. The third kappa shape index (κ3) is 2.01. The molecular formula is C7H7BrN2O2. The SMILES string of the molecule is COC(=O)c1ncc(CBr)cn1. The topological polar surface area (TPSA) is 52.1 Å². The van der Waals surface area contributed by atoms with Crippen molar-refractivity contribution in [3.05, 3.63) is 23.8 Å². The number of carbonyl (C=O) groups excluding carboxylic acids is 1. The second-order valence-electron chi connectivity index (χ2n) is 2.04. The van der Waals surface area contributed by atoms with Gasteiger partial charge in [-0.25, -0.2) is 14.8 Å². The fourth-order valence-corrected chi connectivity index (χ4v) is 0.910. The van der Waals surface area contributed by atoms with Gasteiger partial charge in [-0.1, -0.05) is 15.9 Å². The Hall–Kier alpha value is -0.970. The van der Waals surface area contributed by atoms with E-state index in [2.05, 4.69) is 30.6 Å². The molecule has 0 spiro atoms. The number of nitrogens with zero attached hydrogens (tertiary/aromatic N) is 2. The van der Waals surface area contributed by atoms with Crippen molar-refractivity contribution in [1.29, 1.82) is 0 Å². The van der Waals surface area contributed by atoms with Crippen molar-refractivity contribution in [2.75, 3.05) is 7.11 Å². The number of hydrogen-bond donors (Lipinski definition) is 0. The summed E-state index contributed by atoms with van der Waals surface area (Å²) >= 11 is 3.24. The number of methoxy groups -OCH3 is 1. The Morgan fingerprint density at radius 1 is 1.58 bits per heavy atom. The van der Waals surface area contributed by atoms with Crippen LogP contribution in [0.3, 0.4) is 0 Å². The van der Waals surface area contributed by atoms with Gasteiger partial charge < -0.3 is 4.74 Å². The smallest absolute Gasteiger partial charge is 0.376 e. The van der Waals surface area contributed by atoms with E-state index in [1.54, 1.807) is 12.4 Å². The first kappa shape index (κ1) is 9.12. The zero-order valence-electron chi connectivity index (χ0n) is 6.45. The minimum absolute atomic E-state index is 0.0854. The van der Waals surface area contributed by atoms with Crippen molar-refractivity contribution in [2.24, 2.45) is 0 Å². The lowest BCUT2D eigenvalue weighted by Crippen LogP contribution is -2.06. The van der Waals surface area contributed by atoms with E-state index in [9.17, 15) is 4.79 Å². The Kier molecular flexibility index (Phi) is 3.16. The summed E-state index contributed by atoms with van der Waals surface area (Å²) in [5, 5.41) is 0.675. The largest absolute Gasteiger partial charge is 0.463 e. The average Bonchev–Trinajstić information content (AvgIpc) is 2.17. The van der Waals surface area contributed by atoms with Gasteiger partial charge in [-0.2, -0.15) is 0 Å². The number of ether oxygens (including phenoxy) is 1. The first-order chi connectivity index (χ1) is 5.77. The van der Waals surface area contributed by atoms with Crippen molar-refractivity contribution in [3.63, 3.8) is 0 Å². The molecule has 1 aromatic rings. The third-order valence-corrected chi connectivity index (χ3v) is 1.88. The highest BCUT2D eigenvalue weighted by Gasteiger charge is 2.07. The van der Waals surface area contributed by atoms with Gasteiger partial charge >= 0.3 is 5.97 Å². The van der Waals surface area contributed by atoms with Crippen LogP contribution < -0.4 is 0 Å². The van der Waals surface area contributed by atoms with Gasteiger partial charge in [0.25, 0.3) is 0 Å². The summed E-state index contributed by atoms with van der Waals surface area (Å²) in [5.41, 5.74) is 0.919. The quantitative estimate of drug-likeness (QED) is 0.566. The monoisotopic (exact) mass is 230 g/mol. The highest BCUT2D eigenvalue weighted by atomic mass is 79.9. The lowest BCUT2D eigenvalue weighted by molar-refractivity contribution is 0.0586. The van der Waals surface area contributed by atoms with Crippen LogP contribution in [0.5, 0.6) is 0 Å². The van der Waals surface area contributed by atoms with Crippen molar-refractivity contribution < 1.29 is 9.53 Å². The van der Waals surface area contributed by atoms with Crippen LogP contribution >= 0.6 is 15.9 Å². The molecule has 0 aliphatic rings. The third-order valence-electron chi connectivity index (χ3n) is 1.23. The Bertz CT molecular complexity index is 273. The number of esters is 1. The van der Waals surface area contributed by atoms with Crippen molar-refractivity contribution >= 4 is 21.9 Å². The molecule has 0 saturated carbocycles. The van der Waals surface area contributed by atoms with Crippen molar-refractivity contribution in [2.45, 2.75) is 5.33 Å². The standard InChI is InChI=1S/C7H7BrN2O2/c1-12-7(11)6-9-3-5(2-8)4-10-6/h3-4H,2H2,1H3. The molecule has 5 heteroatoms. The fraction of sp³-hybridized carbons (Fsp3) is 0.286. The van der Waals surface area contributed by atoms with Gasteiger partial charge in [-0.05, 0) is 5.56 Å². The van der Waals surface area contributed by atoms with Gasteiger partial charge in [-0.15, -0.1) is 0 Å². The summed E-state index contributed by atoms with van der Waals surface area (Å²) < 4.78 is 4.43. The van der Waals surface area contributed by atoms with E-state index in [0.29, 0.717) is 5.33 Å². The van der Waals surface area contributed by atoms with Gasteiger partial charge in [0.2, 0.25) is 5.82 Å². The number of halogens is 1. The first-order valence-corrected chi connectivity index (χ1v) is 4.35. The molecule has 0 aromatic carbocycles. The molecule has 1 heterocycles. The Morgan fingerprint density at radius 2 is 2.17 bits per heavy atom. The Balaban J connectivity index is 2.84. The van der Waals surface area contributed by atoms with Crippen molar-refractivity contribution in [1.82, 2.24) is 9.97 Å². The molecule has 0 saturated heterocycles. The van der Waals surface area contributed by atoms with Crippen LogP contribution in [-0.2, 0) is 10.1 Å². The molecule has 0 atom stereocenters. The van der Waals surface area contributed by atoms with Gasteiger partial charge in [0.15, 0.2) is 0 Å². The predicted octanol–water partition coefficient (Wildman–Crippen LogP) is 1.16. The fourth-order valence-electron chi connectivity index (χ4n) is 0.620. The summed E-state index contributed by atoms with van der Waals surface area (Å²) in [6, 6.07) is 0. The van der Waals surface area contributed by atoms with Crippen LogP contribution in [0.25, 0.3) is 0 Å². The lowest BCUT2D eigenvalue weighted by atomic mass is 10.4. The van der Waals surface area contributed by atoms with E-state index in [1.807, 2.05) is 0 Å². The van der Waals surface area contributed by atoms with E-state index < -0.39 is 5.97 Å². The van der Waals surface area contributed by atoms with Crippen LogP contribution in [0.15, 0.2) is 12.4 Å². The van der Waals surface area contributed by atoms with Crippen LogP contribution in [0.2, 0.25) is 0 Å². The van der Waals surface area contributed by atoms with Crippen LogP contribution in [0.4, 0.5) is 0 Å². The number of aromatic nitrogens is 2. The molecule has 1 aromatic heterocycles. The molecule has 0 radical (unpaired) electrons. The molecule has 64 valence electrons. The number of rotatable bonds is 2. The molecule has 12 heavy (non-hydrogen) atoms. The summed E-state index contributed by atoms with van der Waals surface area (Å²) in [6.45, 7) is 0. The van der Waals surface area contributed by atoms with Crippen LogP contribution in [0, 0.1) is 0 Å². The summed E-state index contributed by atoms with van der Waals surface area (Å²) in [4.78, 5) is 18.5. The van der Waals surface area contributed by atoms with Gasteiger partial charge in [0, 0.05) is 17.7 Å². The van der Waals surface area contributed by atoms with E-state index in [-0.39, 0.29) is 5.82 Å². The maximum absolute atomic E-state index is 10.9. The second-order valence-corrected chi connectivity index (χ2v) is 2.60. The molecule has 0 aliphatic carbocycles. The molecule has 0 aliphatic heterocycles. The zero-order valence-corrected chi connectivity index (χ0v) is 8.04. The molecule has 1 rings (SSSR count). The molecule has 0 unspecified atom stereocenters. The van der Waals surface area contributed by atoms with Gasteiger partial charge in [0.05, 0.1) is 7.11 Å². The molecule has 4 nitrogen and oxygen atoms in total. The minimum Gasteiger partial charge on any atom is -0.463 e. The molecule has 0 N–H and O–H groups in total. The number of carbonyl (C=O) groups is 1. The summed E-state index contributed by atoms with van der Waals surface area (Å²) in [7, 11) is 1.30. The molecule has 0 fully saturated rings. The minimum atomic E-state index is -0.517. The summed E-state index contributed by atoms with van der Waals surface area (Å²) in [5.74, 6) is -0.432. The maximum atomic E-state index is 10.9. The second kappa shape index (κ2) is 4.15. The van der Waals surface area contributed by atoms with Gasteiger partial charge in [-0.3, -0.25) is 0 Å². The highest BCUT2D eigenvalue weighted by molar-refractivity contribution is 9.08. The Morgan fingerprint density at radius 3 is 2.58 bits per heavy atom. The van der Waals surface area contributed by atoms with Crippen LogP contribution in [-0.4, -0.2) is 23.0 Å². The first-order valence-electron chi connectivity index (χ1n) is 3.23. The highest BCUT2D eigenvalue weighted by Crippen LogP contribution is 2.01. The lowest BCUT2D eigenvalue weighted by Gasteiger charge is -1.97. The van der Waals surface area contributed by atoms with Crippen molar-refractivity contribution in [3.8, 4) is 0 Å². The van der Waals surface area contributed by atoms with Gasteiger partial charge in [0.1, 0.15) is 0 Å². The average molecular weight is 231 g/mol. The maximum Gasteiger partial charge on any atom is 0.376 e. The normalized spacial score (nSPS) is 9.50. The zero-order chi connectivity index (χ0) is 8.97. The van der Waals surface area contributed by atoms with E-state index in [4.69, 9.17) is 0 Å². The Labute approximate surface area is 78.1 Å². The number of hydrogen-bond acceptors (Lipinski definition) is 4. The van der Waals surface area contributed by atoms with Crippen LogP contribution in [0.1, 0.15) is 16.2 Å².